The van der Waals surface area contributed by atoms with E-state index in [-0.39, 0.29) is 11.9 Å². The Labute approximate surface area is 180 Å². The second kappa shape index (κ2) is 9.11. The van der Waals surface area contributed by atoms with Crippen molar-refractivity contribution in [3.63, 3.8) is 0 Å². The van der Waals surface area contributed by atoms with Crippen molar-refractivity contribution >= 4 is 0 Å². The fraction of sp³-hybridized carbons (Fsp3) is 0.333. The fourth-order valence-electron chi connectivity index (χ4n) is 4.53. The third kappa shape index (κ3) is 4.48. The first-order chi connectivity index (χ1) is 14.5. The molecule has 3 aromatic rings. The van der Waals surface area contributed by atoms with Crippen molar-refractivity contribution in [3.8, 4) is 11.1 Å². The van der Waals surface area contributed by atoms with Crippen LogP contribution < -0.4 is 0 Å². The van der Waals surface area contributed by atoms with Crippen molar-refractivity contribution in [1.82, 2.24) is 9.80 Å². The highest BCUT2D eigenvalue weighted by molar-refractivity contribution is 5.71. The van der Waals surface area contributed by atoms with Gasteiger partial charge in [-0.25, -0.2) is 4.39 Å². The molecule has 1 aliphatic heterocycles. The Balaban J connectivity index is 1.68. The molecule has 0 aliphatic carbocycles. The summed E-state index contributed by atoms with van der Waals surface area (Å²) < 4.78 is 13.5. The number of benzene rings is 3. The van der Waals surface area contributed by atoms with Crippen LogP contribution in [0.15, 0.2) is 72.8 Å². The summed E-state index contributed by atoms with van der Waals surface area (Å²) >= 11 is 0. The zero-order valence-electron chi connectivity index (χ0n) is 18.2. The summed E-state index contributed by atoms with van der Waals surface area (Å²) in [5.74, 6) is 0.301. The first-order valence-corrected chi connectivity index (χ1v) is 10.9. The predicted molar refractivity (Wildman–Crippen MR) is 123 cm³/mol. The van der Waals surface area contributed by atoms with Crippen LogP contribution in [0.5, 0.6) is 0 Å². The Morgan fingerprint density at radius 3 is 2.27 bits per heavy atom. The zero-order chi connectivity index (χ0) is 21.1. The van der Waals surface area contributed by atoms with E-state index in [0.29, 0.717) is 5.92 Å². The van der Waals surface area contributed by atoms with Gasteiger partial charge in [-0.3, -0.25) is 4.90 Å². The highest BCUT2D eigenvalue weighted by atomic mass is 19.1. The van der Waals surface area contributed by atoms with Gasteiger partial charge in [0.25, 0.3) is 0 Å². The summed E-state index contributed by atoms with van der Waals surface area (Å²) in [6.45, 7) is 8.40. The molecule has 1 fully saturated rings. The van der Waals surface area contributed by atoms with Crippen LogP contribution in [0.2, 0.25) is 0 Å². The van der Waals surface area contributed by atoms with Gasteiger partial charge in [0.1, 0.15) is 5.82 Å². The van der Waals surface area contributed by atoms with Gasteiger partial charge in [0.05, 0.1) is 0 Å². The van der Waals surface area contributed by atoms with E-state index in [1.807, 2.05) is 12.1 Å². The van der Waals surface area contributed by atoms with Crippen LogP contribution >= 0.6 is 0 Å². The van der Waals surface area contributed by atoms with Crippen LogP contribution in [-0.2, 0) is 6.54 Å². The van der Waals surface area contributed by atoms with Gasteiger partial charge in [0.2, 0.25) is 0 Å². The average Bonchev–Trinajstić information content (AvgIpc) is 2.76. The van der Waals surface area contributed by atoms with Crippen molar-refractivity contribution in [2.75, 3.05) is 26.7 Å². The number of nitrogens with zero attached hydrogens (tertiary/aromatic N) is 2. The Hall–Kier alpha value is -2.49. The zero-order valence-corrected chi connectivity index (χ0v) is 18.2. The second-order valence-electron chi connectivity index (χ2n) is 8.70. The van der Waals surface area contributed by atoms with Crippen molar-refractivity contribution in [3.05, 3.63) is 95.3 Å². The van der Waals surface area contributed by atoms with Gasteiger partial charge < -0.3 is 4.90 Å². The molecule has 0 unspecified atom stereocenters. The first-order valence-electron chi connectivity index (χ1n) is 10.9. The van der Waals surface area contributed by atoms with E-state index in [1.54, 1.807) is 12.1 Å². The molecule has 0 N–H and O–H groups in total. The molecular weight excluding hydrogens is 371 g/mol. The quantitative estimate of drug-likeness (QED) is 0.508. The highest BCUT2D eigenvalue weighted by Crippen LogP contribution is 2.34. The first kappa shape index (κ1) is 20.8. The van der Waals surface area contributed by atoms with Gasteiger partial charge in [-0.05, 0) is 52.9 Å². The number of halogens is 1. The maximum absolute atomic E-state index is 13.5. The predicted octanol–water partition coefficient (Wildman–Crippen LogP) is 6.10. The molecule has 2 nitrogen and oxygen atoms in total. The number of likely N-dealkylation sites (N-methyl/N-ethyl adjacent to an activating group) is 1. The van der Waals surface area contributed by atoms with Gasteiger partial charge in [-0.1, -0.05) is 74.5 Å². The molecule has 0 saturated carbocycles. The summed E-state index contributed by atoms with van der Waals surface area (Å²) in [6.07, 6.45) is 0. The summed E-state index contributed by atoms with van der Waals surface area (Å²) in [6, 6.07) is 24.8. The number of rotatable bonds is 5. The summed E-state index contributed by atoms with van der Waals surface area (Å²) in [5, 5.41) is 0. The monoisotopic (exact) mass is 402 g/mol. The Morgan fingerprint density at radius 2 is 1.53 bits per heavy atom. The normalized spacial score (nSPS) is 18.1. The van der Waals surface area contributed by atoms with Crippen molar-refractivity contribution in [2.45, 2.75) is 32.4 Å². The number of hydrogen-bond donors (Lipinski definition) is 0. The van der Waals surface area contributed by atoms with Gasteiger partial charge >= 0.3 is 0 Å². The molecule has 1 saturated heterocycles. The smallest absolute Gasteiger partial charge is 0.123 e. The third-order valence-electron chi connectivity index (χ3n) is 6.21. The fourth-order valence-corrected chi connectivity index (χ4v) is 4.53. The third-order valence-corrected chi connectivity index (χ3v) is 6.21. The Kier molecular flexibility index (Phi) is 6.31. The van der Waals surface area contributed by atoms with E-state index >= 15 is 0 Å². The van der Waals surface area contributed by atoms with Crippen molar-refractivity contribution in [1.29, 1.82) is 0 Å². The number of piperazine rings is 1. The largest absolute Gasteiger partial charge is 0.303 e. The molecule has 0 spiro atoms. The summed E-state index contributed by atoms with van der Waals surface area (Å²) in [5.41, 5.74) is 6.57. The van der Waals surface area contributed by atoms with E-state index < -0.39 is 0 Å². The SMILES string of the molecule is CC(C)c1ccccc1-c1ccccc1CN1CCN(C)C[C@H]1c1ccc(F)cc1. The van der Waals surface area contributed by atoms with Crippen LogP contribution in [0, 0.1) is 5.82 Å². The Morgan fingerprint density at radius 1 is 0.867 bits per heavy atom. The molecule has 1 atom stereocenters. The highest BCUT2D eigenvalue weighted by Gasteiger charge is 2.27. The van der Waals surface area contributed by atoms with E-state index in [0.717, 1.165) is 26.2 Å². The lowest BCUT2D eigenvalue weighted by Crippen LogP contribution is -2.46. The van der Waals surface area contributed by atoms with Crippen LogP contribution in [0.3, 0.4) is 0 Å². The van der Waals surface area contributed by atoms with E-state index in [4.69, 9.17) is 0 Å². The molecule has 1 aliphatic rings. The topological polar surface area (TPSA) is 6.48 Å². The minimum Gasteiger partial charge on any atom is -0.303 e. The second-order valence-corrected chi connectivity index (χ2v) is 8.70. The molecule has 4 rings (SSSR count). The number of hydrogen-bond acceptors (Lipinski definition) is 2. The lowest BCUT2D eigenvalue weighted by Gasteiger charge is -2.40. The van der Waals surface area contributed by atoms with Gasteiger partial charge in [0, 0.05) is 32.2 Å². The lowest BCUT2D eigenvalue weighted by atomic mass is 9.90. The molecule has 1 heterocycles. The molecule has 0 amide bonds. The van der Waals surface area contributed by atoms with Crippen molar-refractivity contribution in [2.24, 2.45) is 0 Å². The van der Waals surface area contributed by atoms with Gasteiger partial charge in [0.15, 0.2) is 0 Å². The molecule has 0 radical (unpaired) electrons. The standard InChI is InChI=1S/C27H31FN2/c1-20(2)24-9-6-7-11-26(24)25-10-5-4-8-22(25)18-30-17-16-29(3)19-27(30)21-12-14-23(28)15-13-21/h4-15,20,27H,16-19H2,1-3H3/t27-/m0/s1. The Bertz CT molecular complexity index is 980. The maximum atomic E-state index is 13.5. The average molecular weight is 403 g/mol. The van der Waals surface area contributed by atoms with Crippen molar-refractivity contribution < 1.29 is 4.39 Å². The molecular formula is C27H31FN2. The van der Waals surface area contributed by atoms with E-state index in [1.165, 1.54) is 27.8 Å². The summed E-state index contributed by atoms with van der Waals surface area (Å²) in [7, 11) is 2.17. The minimum atomic E-state index is -0.176. The molecule has 0 bridgehead atoms. The van der Waals surface area contributed by atoms with Gasteiger partial charge in [-0.15, -0.1) is 0 Å². The van der Waals surface area contributed by atoms with Crippen LogP contribution in [0.25, 0.3) is 11.1 Å². The van der Waals surface area contributed by atoms with E-state index in [2.05, 4.69) is 79.2 Å². The molecule has 156 valence electrons. The molecule has 30 heavy (non-hydrogen) atoms. The van der Waals surface area contributed by atoms with Crippen LogP contribution in [0.4, 0.5) is 4.39 Å². The molecule has 3 heteroatoms. The maximum Gasteiger partial charge on any atom is 0.123 e. The molecule has 0 aromatic heterocycles. The van der Waals surface area contributed by atoms with Crippen LogP contribution in [0.1, 0.15) is 42.5 Å². The lowest BCUT2D eigenvalue weighted by molar-refractivity contribution is 0.0835. The van der Waals surface area contributed by atoms with E-state index in [9.17, 15) is 4.39 Å². The van der Waals surface area contributed by atoms with Gasteiger partial charge in [-0.2, -0.15) is 0 Å². The van der Waals surface area contributed by atoms with Crippen LogP contribution in [-0.4, -0.2) is 36.5 Å². The summed E-state index contributed by atoms with van der Waals surface area (Å²) in [4.78, 5) is 4.91. The molecule has 3 aromatic carbocycles. The minimum absolute atomic E-state index is 0.176.